The van der Waals surface area contributed by atoms with Crippen LogP contribution in [0.4, 0.5) is 5.69 Å². The van der Waals surface area contributed by atoms with Gasteiger partial charge >= 0.3 is 0 Å². The number of aromatic nitrogens is 3. The number of carbonyl (C=O) groups excluding carboxylic acids is 1. The second-order valence-electron chi connectivity index (χ2n) is 7.88. The lowest BCUT2D eigenvalue weighted by Crippen LogP contribution is -2.12. The number of ether oxygens (including phenoxy) is 2. The van der Waals surface area contributed by atoms with Gasteiger partial charge in [0.05, 0.1) is 12.3 Å². The number of nitrogens with zero attached hydrogens (tertiary/aromatic N) is 3. The van der Waals surface area contributed by atoms with Crippen molar-refractivity contribution in [1.82, 2.24) is 15.0 Å². The van der Waals surface area contributed by atoms with Crippen molar-refractivity contribution in [3.63, 3.8) is 0 Å². The van der Waals surface area contributed by atoms with Crippen LogP contribution in [0.3, 0.4) is 0 Å². The molecule has 35 heavy (non-hydrogen) atoms. The van der Waals surface area contributed by atoms with E-state index in [0.717, 1.165) is 22.5 Å². The van der Waals surface area contributed by atoms with Crippen LogP contribution in [0, 0.1) is 0 Å². The Kier molecular flexibility index (Phi) is 6.39. The SMILES string of the molecule is CCOc1ccc(-n2nc3ccc(NC(=O)c4cccc(OCc5ccccc5)c4)cc3n2)cc1. The number of fused-ring (bicyclic) bond motifs is 1. The van der Waals surface area contributed by atoms with Gasteiger partial charge in [-0.2, -0.15) is 4.80 Å². The minimum Gasteiger partial charge on any atom is -0.494 e. The van der Waals surface area contributed by atoms with Crippen molar-refractivity contribution < 1.29 is 14.3 Å². The van der Waals surface area contributed by atoms with E-state index in [2.05, 4.69) is 15.5 Å². The molecule has 0 saturated heterocycles. The third-order valence-corrected chi connectivity index (χ3v) is 5.36. The Morgan fingerprint density at radius 1 is 0.800 bits per heavy atom. The molecule has 1 N–H and O–H groups in total. The fourth-order valence-electron chi connectivity index (χ4n) is 3.62. The molecule has 7 heteroatoms. The van der Waals surface area contributed by atoms with Gasteiger partial charge in [-0.15, -0.1) is 10.2 Å². The maximum absolute atomic E-state index is 12.9. The first kappa shape index (κ1) is 22.2. The van der Waals surface area contributed by atoms with Gasteiger partial charge in [0.2, 0.25) is 0 Å². The van der Waals surface area contributed by atoms with Crippen LogP contribution < -0.4 is 14.8 Å². The van der Waals surface area contributed by atoms with Crippen molar-refractivity contribution in [3.05, 3.63) is 108 Å². The number of amides is 1. The van der Waals surface area contributed by atoms with E-state index in [1.54, 1.807) is 29.1 Å². The Labute approximate surface area is 202 Å². The Balaban J connectivity index is 1.28. The molecule has 0 fully saturated rings. The van der Waals surface area contributed by atoms with Gasteiger partial charge in [0.1, 0.15) is 29.1 Å². The molecule has 7 nitrogen and oxygen atoms in total. The number of benzene rings is 4. The summed E-state index contributed by atoms with van der Waals surface area (Å²) >= 11 is 0. The number of hydrogen-bond acceptors (Lipinski definition) is 5. The summed E-state index contributed by atoms with van der Waals surface area (Å²) in [4.78, 5) is 14.4. The standard InChI is InChI=1S/C28H24N4O3/c1-2-34-24-14-12-23(13-15-24)32-30-26-16-11-22(18-27(26)31-32)29-28(33)21-9-6-10-25(17-21)35-19-20-7-4-3-5-8-20/h3-18H,2,19H2,1H3,(H,29,33). The first-order valence-electron chi connectivity index (χ1n) is 11.4. The van der Waals surface area contributed by atoms with E-state index in [9.17, 15) is 4.79 Å². The first-order valence-corrected chi connectivity index (χ1v) is 11.4. The van der Waals surface area contributed by atoms with Crippen LogP contribution in [0.2, 0.25) is 0 Å². The lowest BCUT2D eigenvalue weighted by molar-refractivity contribution is 0.102. The molecule has 0 bridgehead atoms. The van der Waals surface area contributed by atoms with Gasteiger partial charge in [-0.3, -0.25) is 4.79 Å². The molecule has 4 aromatic carbocycles. The number of nitrogens with one attached hydrogen (secondary N) is 1. The smallest absolute Gasteiger partial charge is 0.255 e. The topological polar surface area (TPSA) is 78.3 Å². The summed E-state index contributed by atoms with van der Waals surface area (Å²) in [5.41, 5.74) is 4.44. The summed E-state index contributed by atoms with van der Waals surface area (Å²) in [6.45, 7) is 3.00. The average Bonchev–Trinajstić information content (AvgIpc) is 3.32. The highest BCUT2D eigenvalue weighted by Crippen LogP contribution is 2.21. The highest BCUT2D eigenvalue weighted by Gasteiger charge is 2.10. The molecule has 0 aliphatic carbocycles. The Morgan fingerprint density at radius 3 is 2.40 bits per heavy atom. The lowest BCUT2D eigenvalue weighted by atomic mass is 10.2. The van der Waals surface area contributed by atoms with Crippen molar-refractivity contribution in [2.45, 2.75) is 13.5 Å². The largest absolute Gasteiger partial charge is 0.494 e. The summed E-state index contributed by atoms with van der Waals surface area (Å²) in [6, 6.07) is 30.1. The van der Waals surface area contributed by atoms with Gasteiger partial charge in [-0.25, -0.2) is 0 Å². The van der Waals surface area contributed by atoms with Crippen LogP contribution >= 0.6 is 0 Å². The lowest BCUT2D eigenvalue weighted by Gasteiger charge is -2.09. The fourth-order valence-corrected chi connectivity index (χ4v) is 3.62. The molecule has 1 heterocycles. The van der Waals surface area contributed by atoms with Crippen LogP contribution in [-0.2, 0) is 6.61 Å². The zero-order valence-electron chi connectivity index (χ0n) is 19.2. The fraction of sp³-hybridized carbons (Fsp3) is 0.107. The van der Waals surface area contributed by atoms with Gasteiger partial charge in [0, 0.05) is 11.3 Å². The first-order chi connectivity index (χ1) is 17.2. The molecule has 0 aliphatic rings. The minimum absolute atomic E-state index is 0.228. The van der Waals surface area contributed by atoms with Crippen molar-refractivity contribution in [2.75, 3.05) is 11.9 Å². The van der Waals surface area contributed by atoms with Gasteiger partial charge < -0.3 is 14.8 Å². The predicted molar refractivity (Wildman–Crippen MR) is 135 cm³/mol. The molecular formula is C28H24N4O3. The quantitative estimate of drug-likeness (QED) is 0.321. The number of anilines is 1. The third-order valence-electron chi connectivity index (χ3n) is 5.36. The maximum atomic E-state index is 12.9. The summed E-state index contributed by atoms with van der Waals surface area (Å²) < 4.78 is 11.3. The molecule has 5 aromatic rings. The van der Waals surface area contributed by atoms with Crippen LogP contribution in [0.15, 0.2) is 97.1 Å². The van der Waals surface area contributed by atoms with E-state index < -0.39 is 0 Å². The molecule has 0 saturated carbocycles. The second kappa shape index (κ2) is 10.1. The van der Waals surface area contributed by atoms with Crippen LogP contribution in [-0.4, -0.2) is 27.5 Å². The summed E-state index contributed by atoms with van der Waals surface area (Å²) in [5.74, 6) is 1.20. The Morgan fingerprint density at radius 2 is 1.60 bits per heavy atom. The molecule has 0 radical (unpaired) electrons. The Hall–Kier alpha value is -4.65. The molecule has 0 atom stereocenters. The third kappa shape index (κ3) is 5.30. The Bertz CT molecular complexity index is 1450. The molecule has 0 spiro atoms. The molecule has 0 unspecified atom stereocenters. The van der Waals surface area contributed by atoms with Crippen LogP contribution in [0.1, 0.15) is 22.8 Å². The number of hydrogen-bond donors (Lipinski definition) is 1. The molecule has 174 valence electrons. The van der Waals surface area contributed by atoms with E-state index in [0.29, 0.717) is 35.7 Å². The van der Waals surface area contributed by atoms with E-state index >= 15 is 0 Å². The van der Waals surface area contributed by atoms with Crippen molar-refractivity contribution in [3.8, 4) is 17.2 Å². The zero-order chi connectivity index (χ0) is 24.0. The second-order valence-corrected chi connectivity index (χ2v) is 7.88. The molecule has 5 rings (SSSR count). The predicted octanol–water partition coefficient (Wildman–Crippen LogP) is 5.65. The van der Waals surface area contributed by atoms with E-state index in [1.807, 2.05) is 79.7 Å². The van der Waals surface area contributed by atoms with Gasteiger partial charge in [-0.1, -0.05) is 36.4 Å². The number of rotatable bonds is 8. The zero-order valence-corrected chi connectivity index (χ0v) is 19.2. The van der Waals surface area contributed by atoms with E-state index in [4.69, 9.17) is 9.47 Å². The highest BCUT2D eigenvalue weighted by atomic mass is 16.5. The maximum Gasteiger partial charge on any atom is 0.255 e. The van der Waals surface area contributed by atoms with Crippen molar-refractivity contribution in [2.24, 2.45) is 0 Å². The normalized spacial score (nSPS) is 10.8. The molecule has 1 amide bonds. The van der Waals surface area contributed by atoms with Gasteiger partial charge in [0.25, 0.3) is 5.91 Å². The van der Waals surface area contributed by atoms with Crippen LogP contribution in [0.25, 0.3) is 16.7 Å². The van der Waals surface area contributed by atoms with E-state index in [1.165, 1.54) is 0 Å². The van der Waals surface area contributed by atoms with Gasteiger partial charge in [-0.05, 0) is 73.2 Å². The average molecular weight is 465 g/mol. The molecular weight excluding hydrogens is 440 g/mol. The van der Waals surface area contributed by atoms with Gasteiger partial charge in [0.15, 0.2) is 0 Å². The molecule has 0 aliphatic heterocycles. The number of carbonyl (C=O) groups is 1. The van der Waals surface area contributed by atoms with Crippen LogP contribution in [0.5, 0.6) is 11.5 Å². The minimum atomic E-state index is -0.228. The summed E-state index contributed by atoms with van der Waals surface area (Å²) in [5, 5.41) is 12.0. The summed E-state index contributed by atoms with van der Waals surface area (Å²) in [7, 11) is 0. The highest BCUT2D eigenvalue weighted by molar-refractivity contribution is 6.05. The van der Waals surface area contributed by atoms with Crippen molar-refractivity contribution >= 4 is 22.6 Å². The van der Waals surface area contributed by atoms with E-state index in [-0.39, 0.29) is 5.91 Å². The molecule has 1 aromatic heterocycles. The summed E-state index contributed by atoms with van der Waals surface area (Å²) in [6.07, 6.45) is 0. The monoisotopic (exact) mass is 464 g/mol. The van der Waals surface area contributed by atoms with Crippen molar-refractivity contribution in [1.29, 1.82) is 0 Å².